The first-order valence-electron chi connectivity index (χ1n) is 10.1. The normalized spacial score (nSPS) is 14.9. The Morgan fingerprint density at radius 2 is 1.82 bits per heavy atom. The Labute approximate surface area is 172 Å². The van der Waals surface area contributed by atoms with E-state index in [1.165, 1.54) is 5.56 Å². The van der Waals surface area contributed by atoms with Gasteiger partial charge in [0.25, 0.3) is 0 Å². The number of nitrogens with zero attached hydrogens (tertiary/aromatic N) is 4. The van der Waals surface area contributed by atoms with E-state index in [1.54, 1.807) is 0 Å². The van der Waals surface area contributed by atoms with Gasteiger partial charge in [0, 0.05) is 55.3 Å². The molecular formula is C22H29ClN4O. The van der Waals surface area contributed by atoms with Crippen LogP contribution in [0.1, 0.15) is 48.8 Å². The Kier molecular flexibility index (Phi) is 6.89. The lowest BCUT2D eigenvalue weighted by molar-refractivity contribution is -0.131. The molecule has 1 aliphatic rings. The molecular weight excluding hydrogens is 372 g/mol. The molecule has 0 atom stereocenters. The molecule has 2 heterocycles. The average molecular weight is 401 g/mol. The molecule has 6 heteroatoms. The standard InChI is InChI=1S/C22H29ClN4O/c1-4-6-21(28)26-11-5-12-27(14-13-26)22-20(16(2)24-17(3)25-22)15-18-7-9-19(23)10-8-18/h7-10H,4-6,11-15H2,1-3H3. The van der Waals surface area contributed by atoms with Gasteiger partial charge in [-0.15, -0.1) is 0 Å². The summed E-state index contributed by atoms with van der Waals surface area (Å²) >= 11 is 6.03. The van der Waals surface area contributed by atoms with Gasteiger partial charge in [-0.2, -0.15) is 0 Å². The third-order valence-electron chi connectivity index (χ3n) is 5.21. The predicted octanol–water partition coefficient (Wildman–Crippen LogP) is 4.18. The van der Waals surface area contributed by atoms with Crippen molar-refractivity contribution in [1.82, 2.24) is 14.9 Å². The average Bonchev–Trinajstić information content (AvgIpc) is 2.92. The molecule has 1 aliphatic heterocycles. The maximum Gasteiger partial charge on any atom is 0.222 e. The molecule has 0 aliphatic carbocycles. The van der Waals surface area contributed by atoms with E-state index in [-0.39, 0.29) is 5.91 Å². The fourth-order valence-corrected chi connectivity index (χ4v) is 3.87. The largest absolute Gasteiger partial charge is 0.354 e. The maximum absolute atomic E-state index is 12.3. The van der Waals surface area contributed by atoms with E-state index in [2.05, 4.69) is 35.9 Å². The number of carbonyl (C=O) groups excluding carboxylic acids is 1. The van der Waals surface area contributed by atoms with Crippen LogP contribution in [0, 0.1) is 13.8 Å². The molecule has 1 amide bonds. The molecule has 1 saturated heterocycles. The summed E-state index contributed by atoms with van der Waals surface area (Å²) in [5.74, 6) is 2.06. The fraction of sp³-hybridized carbons (Fsp3) is 0.500. The van der Waals surface area contributed by atoms with Gasteiger partial charge in [-0.3, -0.25) is 4.79 Å². The predicted molar refractivity (Wildman–Crippen MR) is 114 cm³/mol. The van der Waals surface area contributed by atoms with Crippen LogP contribution in [0.2, 0.25) is 5.02 Å². The molecule has 0 bridgehead atoms. The summed E-state index contributed by atoms with van der Waals surface area (Å²) < 4.78 is 0. The highest BCUT2D eigenvalue weighted by molar-refractivity contribution is 6.30. The van der Waals surface area contributed by atoms with Gasteiger partial charge in [0.2, 0.25) is 5.91 Å². The highest BCUT2D eigenvalue weighted by Crippen LogP contribution is 2.26. The Hall–Kier alpha value is -2.14. The van der Waals surface area contributed by atoms with Crippen molar-refractivity contribution in [3.8, 4) is 0 Å². The molecule has 1 aromatic heterocycles. The number of hydrogen-bond donors (Lipinski definition) is 0. The maximum atomic E-state index is 12.3. The van der Waals surface area contributed by atoms with Crippen LogP contribution in [0.15, 0.2) is 24.3 Å². The topological polar surface area (TPSA) is 49.3 Å². The molecule has 0 N–H and O–H groups in total. The summed E-state index contributed by atoms with van der Waals surface area (Å²) in [6.45, 7) is 9.33. The molecule has 0 spiro atoms. The molecule has 150 valence electrons. The first kappa shape index (κ1) is 20.6. The third-order valence-corrected chi connectivity index (χ3v) is 5.46. The van der Waals surface area contributed by atoms with Crippen molar-refractivity contribution >= 4 is 23.3 Å². The Bertz CT molecular complexity index is 822. The van der Waals surface area contributed by atoms with E-state index in [0.717, 1.165) is 73.4 Å². The highest BCUT2D eigenvalue weighted by Gasteiger charge is 2.22. The minimum Gasteiger partial charge on any atom is -0.354 e. The zero-order valence-corrected chi connectivity index (χ0v) is 17.8. The first-order valence-corrected chi connectivity index (χ1v) is 10.5. The lowest BCUT2D eigenvalue weighted by Crippen LogP contribution is -2.35. The van der Waals surface area contributed by atoms with Crippen LogP contribution in [-0.2, 0) is 11.2 Å². The molecule has 1 aromatic carbocycles. The molecule has 0 unspecified atom stereocenters. The highest BCUT2D eigenvalue weighted by atomic mass is 35.5. The number of halogens is 1. The van der Waals surface area contributed by atoms with Crippen LogP contribution in [-0.4, -0.2) is 47.0 Å². The van der Waals surface area contributed by atoms with Crippen molar-refractivity contribution in [3.63, 3.8) is 0 Å². The summed E-state index contributed by atoms with van der Waals surface area (Å²) in [4.78, 5) is 26.0. The van der Waals surface area contributed by atoms with Crippen LogP contribution < -0.4 is 4.90 Å². The van der Waals surface area contributed by atoms with Gasteiger partial charge < -0.3 is 9.80 Å². The quantitative estimate of drug-likeness (QED) is 0.755. The summed E-state index contributed by atoms with van der Waals surface area (Å²) in [6, 6.07) is 7.95. The number of rotatable bonds is 5. The second-order valence-corrected chi connectivity index (χ2v) is 7.87. The summed E-state index contributed by atoms with van der Waals surface area (Å²) in [5.41, 5.74) is 3.36. The van der Waals surface area contributed by atoms with Crippen LogP contribution in [0.3, 0.4) is 0 Å². The third kappa shape index (κ3) is 5.02. The SMILES string of the molecule is CCCC(=O)N1CCCN(c2nc(C)nc(C)c2Cc2ccc(Cl)cc2)CC1. The molecule has 28 heavy (non-hydrogen) atoms. The van der Waals surface area contributed by atoms with Crippen molar-refractivity contribution in [3.05, 3.63) is 51.9 Å². The van der Waals surface area contributed by atoms with E-state index in [4.69, 9.17) is 16.6 Å². The summed E-state index contributed by atoms with van der Waals surface area (Å²) in [5, 5.41) is 0.741. The first-order chi connectivity index (χ1) is 13.5. The van der Waals surface area contributed by atoms with E-state index < -0.39 is 0 Å². The summed E-state index contributed by atoms with van der Waals surface area (Å²) in [6.07, 6.45) is 3.26. The zero-order valence-electron chi connectivity index (χ0n) is 17.0. The van der Waals surface area contributed by atoms with E-state index >= 15 is 0 Å². The van der Waals surface area contributed by atoms with Crippen LogP contribution >= 0.6 is 11.6 Å². The van der Waals surface area contributed by atoms with Gasteiger partial charge in [-0.05, 0) is 44.4 Å². The van der Waals surface area contributed by atoms with Gasteiger partial charge in [0.1, 0.15) is 11.6 Å². The Balaban J connectivity index is 1.84. The molecule has 0 saturated carbocycles. The summed E-state index contributed by atoms with van der Waals surface area (Å²) in [7, 11) is 0. The minimum atomic E-state index is 0.265. The van der Waals surface area contributed by atoms with Crippen molar-refractivity contribution in [2.24, 2.45) is 0 Å². The van der Waals surface area contributed by atoms with Crippen molar-refractivity contribution < 1.29 is 4.79 Å². The number of carbonyl (C=O) groups is 1. The smallest absolute Gasteiger partial charge is 0.222 e. The van der Waals surface area contributed by atoms with E-state index in [1.807, 2.05) is 24.0 Å². The van der Waals surface area contributed by atoms with Gasteiger partial charge in [0.05, 0.1) is 0 Å². The number of aryl methyl sites for hydroxylation is 2. The number of aromatic nitrogens is 2. The zero-order chi connectivity index (χ0) is 20.1. The minimum absolute atomic E-state index is 0.265. The number of hydrogen-bond acceptors (Lipinski definition) is 4. The van der Waals surface area contributed by atoms with E-state index in [0.29, 0.717) is 6.42 Å². The lowest BCUT2D eigenvalue weighted by atomic mass is 10.0. The number of anilines is 1. The van der Waals surface area contributed by atoms with Gasteiger partial charge >= 0.3 is 0 Å². The molecule has 3 rings (SSSR count). The van der Waals surface area contributed by atoms with Crippen molar-refractivity contribution in [1.29, 1.82) is 0 Å². The fourth-order valence-electron chi connectivity index (χ4n) is 3.74. The van der Waals surface area contributed by atoms with Crippen molar-refractivity contribution in [2.75, 3.05) is 31.1 Å². The second-order valence-electron chi connectivity index (χ2n) is 7.43. The van der Waals surface area contributed by atoms with Gasteiger partial charge in [-0.25, -0.2) is 9.97 Å². The molecule has 2 aromatic rings. The van der Waals surface area contributed by atoms with Crippen LogP contribution in [0.4, 0.5) is 5.82 Å². The Morgan fingerprint density at radius 3 is 2.54 bits per heavy atom. The molecule has 1 fully saturated rings. The van der Waals surface area contributed by atoms with Crippen molar-refractivity contribution in [2.45, 2.75) is 46.5 Å². The van der Waals surface area contributed by atoms with Gasteiger partial charge in [0.15, 0.2) is 0 Å². The van der Waals surface area contributed by atoms with Gasteiger partial charge in [-0.1, -0.05) is 30.7 Å². The van der Waals surface area contributed by atoms with Crippen LogP contribution in [0.25, 0.3) is 0 Å². The number of amides is 1. The van der Waals surface area contributed by atoms with E-state index in [9.17, 15) is 4.79 Å². The lowest BCUT2D eigenvalue weighted by Gasteiger charge is -2.26. The number of benzene rings is 1. The monoisotopic (exact) mass is 400 g/mol. The molecule has 5 nitrogen and oxygen atoms in total. The second kappa shape index (κ2) is 9.37. The Morgan fingerprint density at radius 1 is 1.07 bits per heavy atom. The van der Waals surface area contributed by atoms with Crippen LogP contribution in [0.5, 0.6) is 0 Å². The molecule has 0 radical (unpaired) electrons.